The molecule has 2 heterocycles. The molecule has 98 valence electrons. The van der Waals surface area contributed by atoms with Crippen molar-refractivity contribution in [3.05, 3.63) is 27.4 Å². The highest BCUT2D eigenvalue weighted by atomic mass is 16.5. The third-order valence-corrected chi connectivity index (χ3v) is 3.12. The zero-order chi connectivity index (χ0) is 13.1. The van der Waals surface area contributed by atoms with Crippen molar-refractivity contribution >= 4 is 5.97 Å². The Morgan fingerprint density at radius 3 is 2.94 bits per heavy atom. The molecule has 1 atom stereocenters. The summed E-state index contributed by atoms with van der Waals surface area (Å²) in [5.74, 6) is -0.325. The number of carbonyl (C=O) groups is 1. The fourth-order valence-corrected chi connectivity index (χ4v) is 2.14. The second-order valence-corrected chi connectivity index (χ2v) is 4.50. The van der Waals surface area contributed by atoms with Crippen molar-refractivity contribution in [2.45, 2.75) is 32.1 Å². The van der Waals surface area contributed by atoms with Gasteiger partial charge in [-0.05, 0) is 19.8 Å². The summed E-state index contributed by atoms with van der Waals surface area (Å²) in [5.41, 5.74) is 0.357. The fourth-order valence-electron chi connectivity index (χ4n) is 2.14. The Morgan fingerprint density at radius 2 is 2.39 bits per heavy atom. The zero-order valence-corrected chi connectivity index (χ0v) is 10.2. The molecule has 6 heteroatoms. The smallest absolute Gasteiger partial charge is 0.308 e. The van der Waals surface area contributed by atoms with Gasteiger partial charge in [-0.1, -0.05) is 0 Å². The average Bonchev–Trinajstić information content (AvgIpc) is 2.34. The molecule has 1 aromatic rings. The summed E-state index contributed by atoms with van der Waals surface area (Å²) in [5, 5.41) is 8.73. The molecule has 2 N–H and O–H groups in total. The van der Waals surface area contributed by atoms with Gasteiger partial charge in [0.05, 0.1) is 13.0 Å². The first kappa shape index (κ1) is 12.8. The van der Waals surface area contributed by atoms with E-state index in [2.05, 4.69) is 9.97 Å². The minimum atomic E-state index is -1.03. The number of aromatic amines is 1. The third kappa shape index (κ3) is 2.76. The summed E-state index contributed by atoms with van der Waals surface area (Å²) in [4.78, 5) is 29.5. The van der Waals surface area contributed by atoms with E-state index in [1.165, 1.54) is 0 Å². The van der Waals surface area contributed by atoms with Crippen LogP contribution in [0.25, 0.3) is 0 Å². The van der Waals surface area contributed by atoms with Crippen LogP contribution in [0.4, 0.5) is 0 Å². The maximum Gasteiger partial charge on any atom is 0.308 e. The van der Waals surface area contributed by atoms with Gasteiger partial charge < -0.3 is 14.8 Å². The van der Waals surface area contributed by atoms with Crippen LogP contribution in [0.3, 0.4) is 0 Å². The second kappa shape index (κ2) is 5.30. The van der Waals surface area contributed by atoms with Gasteiger partial charge in [0.2, 0.25) is 0 Å². The van der Waals surface area contributed by atoms with Crippen molar-refractivity contribution in [2.75, 3.05) is 13.2 Å². The number of nitrogens with zero attached hydrogens (tertiary/aromatic N) is 1. The van der Waals surface area contributed by atoms with Gasteiger partial charge in [-0.25, -0.2) is 4.98 Å². The molecule has 18 heavy (non-hydrogen) atoms. The Labute approximate surface area is 104 Å². The Kier molecular flexibility index (Phi) is 3.76. The van der Waals surface area contributed by atoms with Crippen molar-refractivity contribution in [1.29, 1.82) is 0 Å². The van der Waals surface area contributed by atoms with Crippen LogP contribution in [0.1, 0.15) is 35.8 Å². The number of rotatable bonds is 3. The van der Waals surface area contributed by atoms with Crippen LogP contribution < -0.4 is 5.56 Å². The first-order valence-electron chi connectivity index (χ1n) is 5.97. The topological polar surface area (TPSA) is 92.3 Å². The molecule has 0 amide bonds. The number of hydrogen-bond acceptors (Lipinski definition) is 4. The number of nitrogens with one attached hydrogen (secondary N) is 1. The quantitative estimate of drug-likeness (QED) is 0.821. The van der Waals surface area contributed by atoms with Gasteiger partial charge in [0.15, 0.2) is 0 Å². The highest BCUT2D eigenvalue weighted by molar-refractivity contribution is 5.70. The highest BCUT2D eigenvalue weighted by Crippen LogP contribution is 2.22. The van der Waals surface area contributed by atoms with Gasteiger partial charge in [0.1, 0.15) is 5.82 Å². The molecule has 0 bridgehead atoms. The number of carboxylic acids is 1. The van der Waals surface area contributed by atoms with Crippen molar-refractivity contribution in [2.24, 2.45) is 0 Å². The van der Waals surface area contributed by atoms with E-state index in [4.69, 9.17) is 9.84 Å². The molecule has 1 aliphatic rings. The van der Waals surface area contributed by atoms with Crippen LogP contribution in [0.15, 0.2) is 4.79 Å². The van der Waals surface area contributed by atoms with E-state index < -0.39 is 5.97 Å². The summed E-state index contributed by atoms with van der Waals surface area (Å²) in [6.45, 7) is 2.97. The first-order valence-corrected chi connectivity index (χ1v) is 5.97. The lowest BCUT2D eigenvalue weighted by molar-refractivity contribution is -0.136. The number of aliphatic carboxylic acids is 1. The maximum atomic E-state index is 11.8. The number of aromatic nitrogens is 2. The van der Waals surface area contributed by atoms with Crippen molar-refractivity contribution in [3.8, 4) is 0 Å². The molecule has 0 saturated carbocycles. The van der Waals surface area contributed by atoms with Gasteiger partial charge in [0, 0.05) is 23.8 Å². The van der Waals surface area contributed by atoms with Crippen LogP contribution >= 0.6 is 0 Å². The van der Waals surface area contributed by atoms with E-state index in [9.17, 15) is 9.59 Å². The molecule has 0 aliphatic carbocycles. The largest absolute Gasteiger partial charge is 0.481 e. The number of H-pyrrole nitrogens is 1. The van der Waals surface area contributed by atoms with Crippen LogP contribution in [0.5, 0.6) is 0 Å². The minimum absolute atomic E-state index is 0.101. The normalized spacial score (nSPS) is 19.7. The predicted octanol–water partition coefficient (Wildman–Crippen LogP) is 0.599. The van der Waals surface area contributed by atoms with Crippen LogP contribution in [-0.2, 0) is 16.0 Å². The fraction of sp³-hybridized carbons (Fsp3) is 0.583. The van der Waals surface area contributed by atoms with Crippen LogP contribution in [0.2, 0.25) is 0 Å². The number of ether oxygens (including phenoxy) is 1. The third-order valence-electron chi connectivity index (χ3n) is 3.12. The lowest BCUT2D eigenvalue weighted by Gasteiger charge is -2.21. The molecule has 0 aromatic carbocycles. The Bertz CT molecular complexity index is 503. The molecule has 1 aromatic heterocycles. The molecule has 1 aliphatic heterocycles. The standard InChI is InChI=1S/C12H16N2O4/c1-7-9(5-10(15)16)12(17)14-11(13-7)8-3-2-4-18-6-8/h8H,2-6H2,1H3,(H,15,16)(H,13,14,17). The van der Waals surface area contributed by atoms with E-state index in [0.29, 0.717) is 18.1 Å². The molecule has 1 saturated heterocycles. The van der Waals surface area contributed by atoms with E-state index in [0.717, 1.165) is 19.4 Å². The lowest BCUT2D eigenvalue weighted by Crippen LogP contribution is -2.25. The average molecular weight is 252 g/mol. The molecule has 1 unspecified atom stereocenters. The van der Waals surface area contributed by atoms with E-state index in [-0.39, 0.29) is 23.5 Å². The monoisotopic (exact) mass is 252 g/mol. The molecule has 6 nitrogen and oxygen atoms in total. The first-order chi connectivity index (χ1) is 8.58. The van der Waals surface area contributed by atoms with Crippen molar-refractivity contribution in [3.63, 3.8) is 0 Å². The zero-order valence-electron chi connectivity index (χ0n) is 10.2. The van der Waals surface area contributed by atoms with Crippen LogP contribution in [-0.4, -0.2) is 34.3 Å². The molecule has 2 rings (SSSR count). The van der Waals surface area contributed by atoms with Gasteiger partial charge in [-0.3, -0.25) is 9.59 Å². The summed E-state index contributed by atoms with van der Waals surface area (Å²) < 4.78 is 5.35. The molecular formula is C12H16N2O4. The van der Waals surface area contributed by atoms with Gasteiger partial charge in [-0.15, -0.1) is 0 Å². The Hall–Kier alpha value is -1.69. The van der Waals surface area contributed by atoms with Crippen molar-refractivity contribution in [1.82, 2.24) is 9.97 Å². The van der Waals surface area contributed by atoms with E-state index >= 15 is 0 Å². The lowest BCUT2D eigenvalue weighted by atomic mass is 10.0. The van der Waals surface area contributed by atoms with Crippen molar-refractivity contribution < 1.29 is 14.6 Å². The number of hydrogen-bond donors (Lipinski definition) is 2. The SMILES string of the molecule is Cc1nc(C2CCCOC2)[nH]c(=O)c1CC(=O)O. The summed E-state index contributed by atoms with van der Waals surface area (Å²) >= 11 is 0. The second-order valence-electron chi connectivity index (χ2n) is 4.50. The summed E-state index contributed by atoms with van der Waals surface area (Å²) in [6, 6.07) is 0. The summed E-state index contributed by atoms with van der Waals surface area (Å²) in [7, 11) is 0. The molecular weight excluding hydrogens is 236 g/mol. The maximum absolute atomic E-state index is 11.8. The van der Waals surface area contributed by atoms with Gasteiger partial charge >= 0.3 is 5.97 Å². The molecule has 1 fully saturated rings. The Balaban J connectivity index is 2.29. The summed E-state index contributed by atoms with van der Waals surface area (Å²) in [6.07, 6.45) is 1.58. The van der Waals surface area contributed by atoms with E-state index in [1.807, 2.05) is 0 Å². The minimum Gasteiger partial charge on any atom is -0.481 e. The number of carboxylic acid groups (broad SMARTS) is 1. The predicted molar refractivity (Wildman–Crippen MR) is 63.7 cm³/mol. The Morgan fingerprint density at radius 1 is 1.61 bits per heavy atom. The van der Waals surface area contributed by atoms with Gasteiger partial charge in [-0.2, -0.15) is 0 Å². The highest BCUT2D eigenvalue weighted by Gasteiger charge is 2.20. The van der Waals surface area contributed by atoms with Gasteiger partial charge in [0.25, 0.3) is 5.56 Å². The number of aryl methyl sites for hydroxylation is 1. The van der Waals surface area contributed by atoms with E-state index in [1.54, 1.807) is 6.92 Å². The molecule has 0 spiro atoms. The van der Waals surface area contributed by atoms with Crippen LogP contribution in [0, 0.1) is 6.92 Å². The molecule has 0 radical (unpaired) electrons.